The molecular weight excluding hydrogens is 414 g/mol. The van der Waals surface area contributed by atoms with Crippen molar-refractivity contribution in [3.05, 3.63) is 34.9 Å². The zero-order chi connectivity index (χ0) is 20.2. The Morgan fingerprint density at radius 2 is 1.97 bits per heavy atom. The summed E-state index contributed by atoms with van der Waals surface area (Å²) < 4.78 is 16.6. The summed E-state index contributed by atoms with van der Waals surface area (Å²) in [4.78, 5) is 22.8. The van der Waals surface area contributed by atoms with Crippen molar-refractivity contribution in [3.8, 4) is 0 Å². The van der Waals surface area contributed by atoms with E-state index in [-0.39, 0.29) is 17.9 Å². The van der Waals surface area contributed by atoms with Crippen molar-refractivity contribution < 1.29 is 18.7 Å². The highest BCUT2D eigenvalue weighted by Gasteiger charge is 2.31. The second-order valence-corrected chi connectivity index (χ2v) is 8.69. The second-order valence-electron chi connectivity index (χ2n) is 7.26. The quantitative estimate of drug-likeness (QED) is 0.685. The van der Waals surface area contributed by atoms with E-state index in [1.165, 1.54) is 18.9 Å². The van der Waals surface area contributed by atoms with Crippen molar-refractivity contribution in [1.82, 2.24) is 14.9 Å². The summed E-state index contributed by atoms with van der Waals surface area (Å²) >= 11 is 7.44. The van der Waals surface area contributed by atoms with Crippen molar-refractivity contribution in [1.29, 1.82) is 0 Å². The minimum atomic E-state index is -0.272. The van der Waals surface area contributed by atoms with Crippen LogP contribution in [0.3, 0.4) is 0 Å². The number of aromatic nitrogens is 2. The number of halogens is 1. The van der Waals surface area contributed by atoms with E-state index in [1.807, 2.05) is 12.1 Å². The molecule has 4 heterocycles. The molecule has 0 saturated carbocycles. The predicted octanol–water partition coefficient (Wildman–Crippen LogP) is 4.71. The number of carbonyl (C=O) groups excluding carboxylic acids is 1. The molecule has 29 heavy (non-hydrogen) atoms. The highest BCUT2D eigenvalue weighted by Crippen LogP contribution is 2.40. The monoisotopic (exact) mass is 437 g/mol. The molecule has 2 aromatic heterocycles. The number of piperidine rings is 1. The Morgan fingerprint density at radius 3 is 2.62 bits per heavy atom. The first-order chi connectivity index (χ1) is 14.1. The molecule has 4 rings (SSSR count). The topological polar surface area (TPSA) is 77.7 Å². The van der Waals surface area contributed by atoms with E-state index >= 15 is 0 Å². The van der Waals surface area contributed by atoms with E-state index in [9.17, 15) is 4.79 Å². The Morgan fingerprint density at radius 1 is 1.21 bits per heavy atom. The third-order valence-electron chi connectivity index (χ3n) is 5.42. The van der Waals surface area contributed by atoms with Gasteiger partial charge >= 0.3 is 6.09 Å². The summed E-state index contributed by atoms with van der Waals surface area (Å²) in [6.45, 7) is 2.78. The predicted molar refractivity (Wildman–Crippen MR) is 109 cm³/mol. The van der Waals surface area contributed by atoms with Gasteiger partial charge in [-0.25, -0.2) is 14.8 Å². The van der Waals surface area contributed by atoms with Crippen molar-refractivity contribution in [2.75, 3.05) is 33.4 Å². The van der Waals surface area contributed by atoms with E-state index in [4.69, 9.17) is 30.5 Å². The Kier molecular flexibility index (Phi) is 6.62. The fraction of sp³-hybridized carbons (Fsp3) is 0.550. The molecule has 2 aromatic rings. The van der Waals surface area contributed by atoms with E-state index in [1.54, 1.807) is 11.1 Å². The van der Waals surface area contributed by atoms with Crippen LogP contribution in [0.2, 0.25) is 5.02 Å². The largest absolute Gasteiger partial charge is 0.453 e. The Bertz CT molecular complexity index is 831. The van der Waals surface area contributed by atoms with Crippen molar-refractivity contribution >= 4 is 29.5 Å². The lowest BCUT2D eigenvalue weighted by Crippen LogP contribution is -2.37. The summed E-state index contributed by atoms with van der Waals surface area (Å²) in [6.07, 6.45) is 4.86. The summed E-state index contributed by atoms with van der Waals surface area (Å²) in [5.74, 6) is 1.31. The van der Waals surface area contributed by atoms with Gasteiger partial charge in [-0.2, -0.15) is 0 Å². The first-order valence-electron chi connectivity index (χ1n) is 9.84. The molecule has 2 fully saturated rings. The maximum absolute atomic E-state index is 11.8. The minimum Gasteiger partial charge on any atom is -0.453 e. The smallest absolute Gasteiger partial charge is 0.409 e. The zero-order valence-electron chi connectivity index (χ0n) is 16.3. The first-order valence-corrected chi connectivity index (χ1v) is 11.0. The Labute approximate surface area is 179 Å². The van der Waals surface area contributed by atoms with Gasteiger partial charge in [0.15, 0.2) is 11.0 Å². The molecule has 2 aliphatic rings. The van der Waals surface area contributed by atoms with Gasteiger partial charge in [-0.15, -0.1) is 0 Å². The number of carbonyl (C=O) groups is 1. The van der Waals surface area contributed by atoms with Gasteiger partial charge in [0.05, 0.1) is 17.8 Å². The molecule has 0 bridgehead atoms. The normalized spacial score (nSPS) is 18.8. The highest BCUT2D eigenvalue weighted by molar-refractivity contribution is 7.99. The Balaban J connectivity index is 1.56. The number of oxazole rings is 1. The molecule has 0 unspecified atom stereocenters. The molecule has 1 amide bonds. The fourth-order valence-electron chi connectivity index (χ4n) is 3.77. The molecule has 7 nitrogen and oxygen atoms in total. The van der Waals surface area contributed by atoms with Crippen LogP contribution >= 0.6 is 23.4 Å². The lowest BCUT2D eigenvalue weighted by molar-refractivity contribution is 0.0786. The molecule has 156 valence electrons. The average Bonchev–Trinajstić information content (AvgIpc) is 3.19. The Hall–Kier alpha value is -1.77. The lowest BCUT2D eigenvalue weighted by Gasteiger charge is -2.30. The second kappa shape index (κ2) is 9.36. The van der Waals surface area contributed by atoms with Gasteiger partial charge in [0.25, 0.3) is 0 Å². The molecular formula is C20H24ClN3O4S. The third kappa shape index (κ3) is 4.87. The maximum atomic E-state index is 11.8. The van der Waals surface area contributed by atoms with Crippen LogP contribution in [0.5, 0.6) is 0 Å². The number of amides is 1. The maximum Gasteiger partial charge on any atom is 0.409 e. The molecule has 0 radical (unpaired) electrons. The van der Waals surface area contributed by atoms with E-state index < -0.39 is 0 Å². The van der Waals surface area contributed by atoms with E-state index in [0.717, 1.165) is 60.6 Å². The molecule has 2 aliphatic heterocycles. The molecule has 9 heteroatoms. The number of hydrogen-bond acceptors (Lipinski definition) is 7. The zero-order valence-corrected chi connectivity index (χ0v) is 17.9. The van der Waals surface area contributed by atoms with Gasteiger partial charge < -0.3 is 18.8 Å². The van der Waals surface area contributed by atoms with Crippen LogP contribution in [0.4, 0.5) is 4.79 Å². The van der Waals surface area contributed by atoms with Gasteiger partial charge in [-0.05, 0) is 49.6 Å². The number of hydrogen-bond donors (Lipinski definition) is 0. The van der Waals surface area contributed by atoms with Crippen molar-refractivity contribution in [2.24, 2.45) is 0 Å². The van der Waals surface area contributed by atoms with Gasteiger partial charge in [0, 0.05) is 44.3 Å². The van der Waals surface area contributed by atoms with Crippen LogP contribution in [0.25, 0.3) is 0 Å². The number of rotatable bonds is 4. The number of pyridine rings is 1. The molecule has 0 spiro atoms. The summed E-state index contributed by atoms with van der Waals surface area (Å²) in [5.41, 5.74) is 0.970. The number of likely N-dealkylation sites (tertiary alicyclic amines) is 1. The van der Waals surface area contributed by atoms with Gasteiger partial charge in [0.1, 0.15) is 5.03 Å². The number of ether oxygens (including phenoxy) is 2. The van der Waals surface area contributed by atoms with E-state index in [2.05, 4.69) is 4.98 Å². The summed E-state index contributed by atoms with van der Waals surface area (Å²) in [5, 5.41) is 2.21. The van der Waals surface area contributed by atoms with Gasteiger partial charge in [-0.3, -0.25) is 0 Å². The first kappa shape index (κ1) is 20.5. The van der Waals surface area contributed by atoms with Crippen LogP contribution in [0, 0.1) is 0 Å². The van der Waals surface area contributed by atoms with Crippen molar-refractivity contribution in [3.63, 3.8) is 0 Å². The lowest BCUT2D eigenvalue weighted by atomic mass is 9.94. The summed E-state index contributed by atoms with van der Waals surface area (Å²) in [6, 6.07) is 3.70. The molecule has 0 aromatic carbocycles. The van der Waals surface area contributed by atoms with E-state index in [0.29, 0.717) is 18.1 Å². The molecule has 0 aliphatic carbocycles. The molecule has 2 saturated heterocycles. The van der Waals surface area contributed by atoms with Crippen LogP contribution in [0.1, 0.15) is 49.1 Å². The molecule has 0 atom stereocenters. The fourth-order valence-corrected chi connectivity index (χ4v) is 4.75. The molecule has 0 N–H and O–H groups in total. The van der Waals surface area contributed by atoms with Crippen LogP contribution < -0.4 is 0 Å². The number of nitrogens with zero attached hydrogens (tertiary/aromatic N) is 3. The SMILES string of the molecule is COC(=O)N1CCC(c2nc(C3CCOCC3)oc2Sc2ccc(Cl)cn2)CC1. The van der Waals surface area contributed by atoms with Crippen molar-refractivity contribution in [2.45, 2.75) is 47.6 Å². The number of methoxy groups -OCH3 is 1. The van der Waals surface area contributed by atoms with Gasteiger partial charge in [0.2, 0.25) is 0 Å². The third-order valence-corrected chi connectivity index (χ3v) is 6.57. The van der Waals surface area contributed by atoms with Gasteiger partial charge in [-0.1, -0.05) is 11.6 Å². The van der Waals surface area contributed by atoms with Crippen LogP contribution in [0.15, 0.2) is 32.9 Å². The highest BCUT2D eigenvalue weighted by atomic mass is 35.5. The van der Waals surface area contributed by atoms with Crippen LogP contribution in [-0.2, 0) is 9.47 Å². The van der Waals surface area contributed by atoms with Crippen LogP contribution in [-0.4, -0.2) is 54.4 Å². The minimum absolute atomic E-state index is 0.239. The summed E-state index contributed by atoms with van der Waals surface area (Å²) in [7, 11) is 1.42. The average molecular weight is 438 g/mol. The standard InChI is InChI=1S/C20H24ClN3O4S/c1-26-20(25)24-8-4-13(5-9-24)17-19(29-16-3-2-15(21)12-22-16)28-18(23-17)14-6-10-27-11-7-14/h2-3,12-14H,4-11H2,1H3.